The predicted octanol–water partition coefficient (Wildman–Crippen LogP) is 5.82. The van der Waals surface area contributed by atoms with E-state index in [9.17, 15) is 14.0 Å². The van der Waals surface area contributed by atoms with Crippen molar-refractivity contribution in [1.82, 2.24) is 10.2 Å². The van der Waals surface area contributed by atoms with Gasteiger partial charge in [-0.2, -0.15) is 0 Å². The van der Waals surface area contributed by atoms with Crippen LogP contribution in [0.2, 0.25) is 0 Å². The topological polar surface area (TPSA) is 89.5 Å². The van der Waals surface area contributed by atoms with Crippen LogP contribution in [0.5, 0.6) is 11.5 Å². The fraction of sp³-hybridized carbons (Fsp3) is 0.219. The second kappa shape index (κ2) is 12.9. The number of amidine groups is 1. The molecular weight excluding hydrogens is 557 g/mol. The lowest BCUT2D eigenvalue weighted by Gasteiger charge is -2.37. The lowest BCUT2D eigenvalue weighted by Crippen LogP contribution is -2.38. The summed E-state index contributed by atoms with van der Waals surface area (Å²) in [6.07, 6.45) is 0.0355. The molecule has 216 valence electrons. The Kier molecular flexibility index (Phi) is 8.92. The molecule has 1 atom stereocenters. The molecule has 2 aliphatic heterocycles. The van der Waals surface area contributed by atoms with Crippen molar-refractivity contribution in [3.63, 3.8) is 0 Å². The van der Waals surface area contributed by atoms with Crippen LogP contribution in [-0.2, 0) is 20.9 Å². The van der Waals surface area contributed by atoms with E-state index in [-0.39, 0.29) is 31.3 Å². The number of ether oxygens (including phenoxy) is 3. The fourth-order valence-corrected chi connectivity index (χ4v) is 5.78. The number of carbonyl (C=O) groups excluding carboxylic acids is 2. The first kappa shape index (κ1) is 28.9. The number of rotatable bonds is 10. The number of hydrogen-bond acceptors (Lipinski definition) is 8. The first-order chi connectivity index (χ1) is 20.4. The number of nitrogens with one attached hydrogen (secondary N) is 1. The van der Waals surface area contributed by atoms with Gasteiger partial charge in [0.2, 0.25) is 5.91 Å². The minimum Gasteiger partial charge on any atom is -0.493 e. The van der Waals surface area contributed by atoms with Crippen LogP contribution >= 0.6 is 11.8 Å². The average molecular weight is 588 g/mol. The van der Waals surface area contributed by atoms with Crippen LogP contribution in [0.4, 0.5) is 4.39 Å². The van der Waals surface area contributed by atoms with Crippen molar-refractivity contribution in [2.75, 3.05) is 20.8 Å². The zero-order valence-corrected chi connectivity index (χ0v) is 24.2. The molecule has 0 aliphatic carbocycles. The molecule has 0 aromatic heterocycles. The number of nitrogens with zero attached hydrogens (tertiary/aromatic N) is 2. The highest BCUT2D eigenvalue weighted by Gasteiger charge is 2.42. The number of hydrogen-bond donors (Lipinski definition) is 1. The van der Waals surface area contributed by atoms with Crippen LogP contribution in [0.1, 0.15) is 36.1 Å². The molecule has 1 amide bonds. The molecule has 0 saturated carbocycles. The van der Waals surface area contributed by atoms with Crippen LogP contribution in [0, 0.1) is 5.82 Å². The molecular formula is C32H30FN3O5S. The number of methoxy groups -OCH3 is 2. The summed E-state index contributed by atoms with van der Waals surface area (Å²) in [5.74, 6) is -0.0257. The zero-order valence-electron chi connectivity index (χ0n) is 23.4. The Balaban J connectivity index is 1.55. The molecule has 0 fully saturated rings. The predicted molar refractivity (Wildman–Crippen MR) is 160 cm³/mol. The van der Waals surface area contributed by atoms with Gasteiger partial charge >= 0.3 is 5.97 Å². The van der Waals surface area contributed by atoms with Crippen molar-refractivity contribution in [3.8, 4) is 11.5 Å². The Labute approximate surface area is 247 Å². The highest BCUT2D eigenvalue weighted by Crippen LogP contribution is 2.48. The Morgan fingerprint density at radius 1 is 1.00 bits per heavy atom. The monoisotopic (exact) mass is 587 g/mol. The lowest BCUT2D eigenvalue weighted by atomic mass is 9.91. The molecule has 8 nitrogen and oxygen atoms in total. The first-order valence-electron chi connectivity index (χ1n) is 13.4. The van der Waals surface area contributed by atoms with E-state index in [1.807, 2.05) is 52.8 Å². The van der Waals surface area contributed by atoms with E-state index in [4.69, 9.17) is 19.2 Å². The maximum absolute atomic E-state index is 13.7. The van der Waals surface area contributed by atoms with Gasteiger partial charge in [-0.1, -0.05) is 60.3 Å². The van der Waals surface area contributed by atoms with Gasteiger partial charge in [0.15, 0.2) is 16.7 Å². The minimum absolute atomic E-state index is 0.0355. The van der Waals surface area contributed by atoms with Crippen molar-refractivity contribution in [2.45, 2.75) is 25.9 Å². The van der Waals surface area contributed by atoms with Gasteiger partial charge in [0.25, 0.3) is 0 Å². The molecule has 42 heavy (non-hydrogen) atoms. The number of carbonyl (C=O) groups is 2. The Bertz CT molecular complexity index is 1570. The van der Waals surface area contributed by atoms with Gasteiger partial charge in [0, 0.05) is 17.8 Å². The smallest absolute Gasteiger partial charge is 0.338 e. The second-order valence-corrected chi connectivity index (χ2v) is 10.3. The summed E-state index contributed by atoms with van der Waals surface area (Å²) in [5, 5.41) is 5.40. The summed E-state index contributed by atoms with van der Waals surface area (Å²) in [5.41, 5.74) is 3.80. The van der Waals surface area contributed by atoms with Crippen LogP contribution in [0.25, 0.3) is 5.70 Å². The Morgan fingerprint density at radius 2 is 1.74 bits per heavy atom. The number of thioether (sulfide) groups is 1. The molecule has 10 heteroatoms. The van der Waals surface area contributed by atoms with Gasteiger partial charge in [-0.05, 0) is 47.7 Å². The van der Waals surface area contributed by atoms with Crippen molar-refractivity contribution >= 4 is 34.5 Å². The number of benzene rings is 3. The Hall–Kier alpha value is -4.57. The summed E-state index contributed by atoms with van der Waals surface area (Å²) in [6.45, 7) is 2.20. The molecule has 5 rings (SSSR count). The van der Waals surface area contributed by atoms with Crippen molar-refractivity contribution in [2.24, 2.45) is 4.99 Å². The molecule has 0 radical (unpaired) electrons. The number of fused-ring (bicyclic) bond motifs is 1. The third-order valence-electron chi connectivity index (χ3n) is 6.82. The third kappa shape index (κ3) is 6.03. The number of amides is 1. The number of halogens is 1. The van der Waals surface area contributed by atoms with Gasteiger partial charge in [-0.3, -0.25) is 4.79 Å². The highest BCUT2D eigenvalue weighted by atomic mass is 32.2. The molecule has 3 aromatic carbocycles. The lowest BCUT2D eigenvalue weighted by molar-refractivity contribution is -0.139. The largest absolute Gasteiger partial charge is 0.493 e. The summed E-state index contributed by atoms with van der Waals surface area (Å²) in [6, 6.07) is 20.3. The fourth-order valence-electron chi connectivity index (χ4n) is 4.86. The standard InChI is InChI=1S/C32H30FN3O5S/c1-4-41-31(38)28-29(21-8-6-5-7-9-21)35-32-36(30(28)22-12-15-25(39-2)26(16-22)40-3)24(19-42-32)17-27(37)34-18-20-10-13-23(33)14-11-20/h5-16,19,30H,4,17-18H2,1-3H3,(H,34,37)/t30-/m0/s1. The maximum atomic E-state index is 13.7. The minimum atomic E-state index is -0.669. The first-order valence-corrected chi connectivity index (χ1v) is 14.2. The van der Waals surface area contributed by atoms with E-state index in [0.29, 0.717) is 33.6 Å². The summed E-state index contributed by atoms with van der Waals surface area (Å²) in [4.78, 5) is 33.6. The summed E-state index contributed by atoms with van der Waals surface area (Å²) >= 11 is 1.38. The molecule has 2 heterocycles. The van der Waals surface area contributed by atoms with E-state index in [2.05, 4.69) is 5.32 Å². The van der Waals surface area contributed by atoms with Gasteiger partial charge < -0.3 is 24.4 Å². The summed E-state index contributed by atoms with van der Waals surface area (Å²) in [7, 11) is 3.11. The van der Waals surface area contributed by atoms with Crippen LogP contribution in [0.15, 0.2) is 94.5 Å². The van der Waals surface area contributed by atoms with Crippen LogP contribution in [-0.4, -0.2) is 42.8 Å². The molecule has 1 N–H and O–H groups in total. The normalized spacial score (nSPS) is 15.9. The van der Waals surface area contributed by atoms with E-state index in [0.717, 1.165) is 16.7 Å². The average Bonchev–Trinajstić information content (AvgIpc) is 3.42. The second-order valence-electron chi connectivity index (χ2n) is 9.44. The third-order valence-corrected chi connectivity index (χ3v) is 7.71. The number of esters is 1. The number of aliphatic imine (C=N–C) groups is 1. The van der Waals surface area contributed by atoms with Gasteiger partial charge in [0.05, 0.1) is 44.6 Å². The molecule has 0 unspecified atom stereocenters. The quantitative estimate of drug-likeness (QED) is 0.299. The molecule has 0 bridgehead atoms. The van der Waals surface area contributed by atoms with E-state index < -0.39 is 12.0 Å². The molecule has 0 saturated heterocycles. The van der Waals surface area contributed by atoms with Gasteiger partial charge in [-0.15, -0.1) is 0 Å². The van der Waals surface area contributed by atoms with Crippen molar-refractivity contribution < 1.29 is 28.2 Å². The maximum Gasteiger partial charge on any atom is 0.338 e. The van der Waals surface area contributed by atoms with Crippen molar-refractivity contribution in [1.29, 1.82) is 0 Å². The highest BCUT2D eigenvalue weighted by molar-refractivity contribution is 8.16. The van der Waals surface area contributed by atoms with Gasteiger partial charge in [-0.25, -0.2) is 14.2 Å². The zero-order chi connectivity index (χ0) is 29.6. The van der Waals surface area contributed by atoms with E-state index in [1.54, 1.807) is 39.3 Å². The molecule has 3 aromatic rings. The van der Waals surface area contributed by atoms with Crippen LogP contribution < -0.4 is 14.8 Å². The summed E-state index contributed by atoms with van der Waals surface area (Å²) < 4.78 is 29.9. The van der Waals surface area contributed by atoms with E-state index >= 15 is 0 Å². The SMILES string of the molecule is CCOC(=O)C1=C(c2ccccc2)N=C2SC=C(CC(=O)NCc3ccc(F)cc3)N2[C@H]1c1ccc(OC)c(OC)c1. The molecule has 0 spiro atoms. The van der Waals surface area contributed by atoms with Crippen LogP contribution in [0.3, 0.4) is 0 Å². The Morgan fingerprint density at radius 3 is 2.43 bits per heavy atom. The van der Waals surface area contributed by atoms with E-state index in [1.165, 1.54) is 23.9 Å². The van der Waals surface area contributed by atoms with Gasteiger partial charge in [0.1, 0.15) is 5.82 Å². The molecule has 2 aliphatic rings. The van der Waals surface area contributed by atoms with Crippen molar-refractivity contribution in [3.05, 3.63) is 112 Å².